The van der Waals surface area contributed by atoms with Gasteiger partial charge in [0.1, 0.15) is 11.9 Å². The molecule has 4 aromatic rings. The van der Waals surface area contributed by atoms with E-state index in [0.717, 1.165) is 16.6 Å². The summed E-state index contributed by atoms with van der Waals surface area (Å²) in [4.78, 5) is 36.4. The Balaban J connectivity index is 1.47. The number of anilines is 2. The molecule has 0 aliphatic carbocycles. The molecule has 2 amide bonds. The fourth-order valence-corrected chi connectivity index (χ4v) is 3.87. The van der Waals surface area contributed by atoms with E-state index in [2.05, 4.69) is 15.3 Å². The lowest BCUT2D eigenvalue weighted by Crippen LogP contribution is -2.31. The van der Waals surface area contributed by atoms with Crippen molar-refractivity contribution in [3.05, 3.63) is 84.4 Å². The highest BCUT2D eigenvalue weighted by Crippen LogP contribution is 2.37. The minimum absolute atomic E-state index is 0.0910. The Morgan fingerprint density at radius 1 is 1.10 bits per heavy atom. The Labute approximate surface area is 177 Å². The van der Waals surface area contributed by atoms with Crippen molar-refractivity contribution in [1.82, 2.24) is 14.5 Å². The van der Waals surface area contributed by atoms with Gasteiger partial charge in [0.2, 0.25) is 11.9 Å². The van der Waals surface area contributed by atoms with Gasteiger partial charge < -0.3 is 5.32 Å². The molecule has 7 nitrogen and oxygen atoms in total. The van der Waals surface area contributed by atoms with Crippen LogP contribution in [0, 0.1) is 5.82 Å². The Hall–Kier alpha value is -4.07. The van der Waals surface area contributed by atoms with E-state index < -0.39 is 11.9 Å². The summed E-state index contributed by atoms with van der Waals surface area (Å²) < 4.78 is 15.2. The molecule has 0 saturated carbocycles. The summed E-state index contributed by atoms with van der Waals surface area (Å²) in [5.41, 5.74) is 2.73. The topological polar surface area (TPSA) is 80.1 Å². The maximum Gasteiger partial charge on any atom is 0.253 e. The lowest BCUT2D eigenvalue weighted by Gasteiger charge is -2.16. The van der Waals surface area contributed by atoms with Gasteiger partial charge in [-0.15, -0.1) is 0 Å². The molecule has 31 heavy (non-hydrogen) atoms. The first-order chi connectivity index (χ1) is 15.1. The molecule has 0 spiro atoms. The highest BCUT2D eigenvalue weighted by Gasteiger charge is 2.40. The lowest BCUT2D eigenvalue weighted by atomic mass is 10.1. The molecule has 1 aliphatic rings. The number of hydrogen-bond acceptors (Lipinski definition) is 4. The van der Waals surface area contributed by atoms with Gasteiger partial charge in [-0.2, -0.15) is 0 Å². The number of benzene rings is 2. The normalized spacial score (nSPS) is 15.3. The van der Waals surface area contributed by atoms with Crippen LogP contribution in [0.1, 0.15) is 18.0 Å². The van der Waals surface area contributed by atoms with Crippen molar-refractivity contribution in [3.8, 4) is 0 Å². The molecule has 154 valence electrons. The predicted molar refractivity (Wildman–Crippen MR) is 114 cm³/mol. The summed E-state index contributed by atoms with van der Waals surface area (Å²) >= 11 is 0. The van der Waals surface area contributed by atoms with E-state index in [4.69, 9.17) is 0 Å². The molecule has 0 unspecified atom stereocenters. The molecule has 0 bridgehead atoms. The smallest absolute Gasteiger partial charge is 0.253 e. The molecule has 0 radical (unpaired) electrons. The molecule has 1 N–H and O–H groups in total. The van der Waals surface area contributed by atoms with Crippen molar-refractivity contribution < 1.29 is 14.0 Å². The maximum absolute atomic E-state index is 13.4. The first kappa shape index (κ1) is 18.9. The number of nitrogens with one attached hydrogen (secondary N) is 1. The number of hydrogen-bond donors (Lipinski definition) is 1. The number of halogens is 1. The van der Waals surface area contributed by atoms with E-state index in [-0.39, 0.29) is 18.2 Å². The van der Waals surface area contributed by atoms with E-state index in [0.29, 0.717) is 18.2 Å². The summed E-state index contributed by atoms with van der Waals surface area (Å²) in [5.74, 6) is -0.540. The molecule has 3 heterocycles. The third-order valence-corrected chi connectivity index (χ3v) is 5.23. The van der Waals surface area contributed by atoms with Crippen molar-refractivity contribution in [1.29, 1.82) is 0 Å². The number of carbonyl (C=O) groups is 2. The van der Waals surface area contributed by atoms with E-state index in [1.54, 1.807) is 27.9 Å². The minimum Gasteiger partial charge on any atom is -0.326 e. The number of carbonyl (C=O) groups excluding carboxylic acids is 2. The summed E-state index contributed by atoms with van der Waals surface area (Å²) in [6, 6.07) is 16.1. The van der Waals surface area contributed by atoms with Crippen molar-refractivity contribution in [2.75, 3.05) is 10.2 Å². The molecular weight excluding hydrogens is 397 g/mol. The molecular formula is C23H18FN5O2. The van der Waals surface area contributed by atoms with Gasteiger partial charge in [-0.25, -0.2) is 9.37 Å². The molecule has 2 aromatic heterocycles. The zero-order valence-corrected chi connectivity index (χ0v) is 16.4. The SMILES string of the molecule is O=C(C[C@@H]1C(=O)N(Cc2cccnc2)c2nc3ccccc3n21)Nc1cccc(F)c1. The Kier molecular flexibility index (Phi) is 4.66. The number of nitrogens with zero attached hydrogens (tertiary/aromatic N) is 4. The fraction of sp³-hybridized carbons (Fsp3) is 0.130. The van der Waals surface area contributed by atoms with Crippen LogP contribution in [0.25, 0.3) is 11.0 Å². The first-order valence-corrected chi connectivity index (χ1v) is 9.83. The van der Waals surface area contributed by atoms with Gasteiger partial charge in [-0.3, -0.25) is 24.0 Å². The first-order valence-electron chi connectivity index (χ1n) is 9.83. The van der Waals surface area contributed by atoms with Gasteiger partial charge >= 0.3 is 0 Å². The van der Waals surface area contributed by atoms with Crippen LogP contribution < -0.4 is 10.2 Å². The van der Waals surface area contributed by atoms with E-state index in [1.165, 1.54) is 18.2 Å². The van der Waals surface area contributed by atoms with Crippen molar-refractivity contribution >= 4 is 34.5 Å². The number of para-hydroxylation sites is 2. The van der Waals surface area contributed by atoms with Gasteiger partial charge in [-0.1, -0.05) is 24.3 Å². The van der Waals surface area contributed by atoms with Gasteiger partial charge in [-0.05, 0) is 42.0 Å². The van der Waals surface area contributed by atoms with Crippen molar-refractivity contribution in [3.63, 3.8) is 0 Å². The standard InChI is InChI=1S/C23H18FN5O2/c24-16-6-3-7-17(11-16)26-21(30)12-20-22(31)28(14-15-5-4-10-25-13-15)23-27-18-8-1-2-9-19(18)29(20)23/h1-11,13,20H,12,14H2,(H,26,30)/t20-/m1/s1. The molecule has 8 heteroatoms. The van der Waals surface area contributed by atoms with Gasteiger partial charge in [0.25, 0.3) is 5.91 Å². The van der Waals surface area contributed by atoms with E-state index in [1.807, 2.05) is 36.4 Å². The average Bonchev–Trinajstić information content (AvgIpc) is 3.25. The zero-order valence-electron chi connectivity index (χ0n) is 16.4. The van der Waals surface area contributed by atoms with Crippen LogP contribution in [-0.4, -0.2) is 26.3 Å². The van der Waals surface area contributed by atoms with Crippen LogP contribution in [0.4, 0.5) is 16.0 Å². The van der Waals surface area contributed by atoms with Crippen LogP contribution in [0.5, 0.6) is 0 Å². The van der Waals surface area contributed by atoms with E-state index >= 15 is 0 Å². The molecule has 1 atom stereocenters. The Morgan fingerprint density at radius 2 is 1.97 bits per heavy atom. The molecule has 5 rings (SSSR count). The van der Waals surface area contributed by atoms with Crippen LogP contribution in [0.3, 0.4) is 0 Å². The van der Waals surface area contributed by atoms with Gasteiger partial charge in [0.05, 0.1) is 24.0 Å². The van der Waals surface area contributed by atoms with Crippen LogP contribution in [0.2, 0.25) is 0 Å². The summed E-state index contributed by atoms with van der Waals surface area (Å²) in [6.07, 6.45) is 3.28. The number of rotatable bonds is 5. The van der Waals surface area contributed by atoms with Gasteiger partial charge in [0, 0.05) is 18.1 Å². The van der Waals surface area contributed by atoms with Crippen LogP contribution in [0.15, 0.2) is 73.1 Å². The van der Waals surface area contributed by atoms with Gasteiger partial charge in [0.15, 0.2) is 0 Å². The molecule has 2 aromatic carbocycles. The largest absolute Gasteiger partial charge is 0.326 e. The maximum atomic E-state index is 13.4. The average molecular weight is 415 g/mol. The highest BCUT2D eigenvalue weighted by atomic mass is 19.1. The summed E-state index contributed by atoms with van der Waals surface area (Å²) in [6.45, 7) is 0.304. The molecule has 0 saturated heterocycles. The Bertz CT molecular complexity index is 1290. The number of pyridine rings is 1. The monoisotopic (exact) mass is 415 g/mol. The predicted octanol–water partition coefficient (Wildman–Crippen LogP) is 3.69. The fourth-order valence-electron chi connectivity index (χ4n) is 3.87. The third-order valence-electron chi connectivity index (χ3n) is 5.23. The van der Waals surface area contributed by atoms with Crippen molar-refractivity contribution in [2.24, 2.45) is 0 Å². The second-order valence-corrected chi connectivity index (χ2v) is 7.33. The van der Waals surface area contributed by atoms with Crippen LogP contribution >= 0.6 is 0 Å². The number of aromatic nitrogens is 3. The Morgan fingerprint density at radius 3 is 2.77 bits per heavy atom. The minimum atomic E-state index is -0.743. The lowest BCUT2D eigenvalue weighted by molar-refractivity contribution is -0.124. The van der Waals surface area contributed by atoms with Crippen LogP contribution in [-0.2, 0) is 16.1 Å². The number of amides is 2. The molecule has 1 aliphatic heterocycles. The second kappa shape index (κ2) is 7.64. The second-order valence-electron chi connectivity index (χ2n) is 7.33. The zero-order chi connectivity index (χ0) is 21.4. The number of fused-ring (bicyclic) bond motifs is 3. The van der Waals surface area contributed by atoms with E-state index in [9.17, 15) is 14.0 Å². The highest BCUT2D eigenvalue weighted by molar-refractivity contribution is 6.05. The number of imidazole rings is 1. The molecule has 0 fully saturated rings. The van der Waals surface area contributed by atoms with Crippen molar-refractivity contribution in [2.45, 2.75) is 19.0 Å². The summed E-state index contributed by atoms with van der Waals surface area (Å²) in [7, 11) is 0. The summed E-state index contributed by atoms with van der Waals surface area (Å²) in [5, 5.41) is 2.67. The quantitative estimate of drug-likeness (QED) is 0.539. The third kappa shape index (κ3) is 3.52.